The van der Waals surface area contributed by atoms with E-state index in [1.165, 1.54) is 4.31 Å². The number of methoxy groups -OCH3 is 1. The highest BCUT2D eigenvalue weighted by Crippen LogP contribution is 2.38. The molecule has 1 aliphatic heterocycles. The predicted molar refractivity (Wildman–Crippen MR) is 112 cm³/mol. The molecular formula is C22H28N2O4S. The van der Waals surface area contributed by atoms with Crippen LogP contribution >= 0.6 is 0 Å². The van der Waals surface area contributed by atoms with Gasteiger partial charge >= 0.3 is 0 Å². The fraction of sp³-hybridized carbons (Fsp3) is 0.409. The molecule has 156 valence electrons. The molecule has 0 N–H and O–H groups in total. The first kappa shape index (κ1) is 21.3. The maximum Gasteiger partial charge on any atom is 0.243 e. The molecule has 0 bridgehead atoms. The van der Waals surface area contributed by atoms with Crippen molar-refractivity contribution in [3.05, 3.63) is 60.2 Å². The number of ether oxygens (including phenoxy) is 1. The third-order valence-electron chi connectivity index (χ3n) is 5.63. The third-order valence-corrected chi connectivity index (χ3v) is 7.47. The van der Waals surface area contributed by atoms with Crippen molar-refractivity contribution in [2.75, 3.05) is 27.2 Å². The zero-order valence-corrected chi connectivity index (χ0v) is 18.1. The van der Waals surface area contributed by atoms with Gasteiger partial charge in [-0.15, -0.1) is 0 Å². The number of rotatable bonds is 6. The van der Waals surface area contributed by atoms with Gasteiger partial charge in [0.25, 0.3) is 0 Å². The maximum absolute atomic E-state index is 13.2. The Bertz CT molecular complexity index is 960. The average Bonchev–Trinajstić information content (AvgIpc) is 3.19. The van der Waals surface area contributed by atoms with Gasteiger partial charge in [0.2, 0.25) is 15.9 Å². The lowest BCUT2D eigenvalue weighted by molar-refractivity contribution is -0.135. The van der Waals surface area contributed by atoms with Crippen LogP contribution in [0.1, 0.15) is 25.3 Å². The summed E-state index contributed by atoms with van der Waals surface area (Å²) >= 11 is 0. The van der Waals surface area contributed by atoms with Crippen molar-refractivity contribution in [3.8, 4) is 5.75 Å². The van der Waals surface area contributed by atoms with Crippen LogP contribution in [0.15, 0.2) is 59.5 Å². The molecule has 7 heteroatoms. The summed E-state index contributed by atoms with van der Waals surface area (Å²) in [5.74, 6) is -0.0425. The second kappa shape index (κ2) is 8.55. The van der Waals surface area contributed by atoms with Crippen molar-refractivity contribution < 1.29 is 17.9 Å². The van der Waals surface area contributed by atoms with Gasteiger partial charge in [0.15, 0.2) is 0 Å². The van der Waals surface area contributed by atoms with Gasteiger partial charge in [-0.05, 0) is 43.7 Å². The monoisotopic (exact) mass is 416 g/mol. The number of hydrogen-bond acceptors (Lipinski definition) is 4. The van der Waals surface area contributed by atoms with Gasteiger partial charge in [0, 0.05) is 32.1 Å². The quantitative estimate of drug-likeness (QED) is 0.726. The standard InChI is InChI=1S/C22H28N2O4S/c1-16(2)23(3)22(25)21-15-24(29(26,27)19-11-6-5-7-12-19)14-20(21)17-9-8-10-18(13-17)28-4/h5-13,16,20-21H,14-15H2,1-4H3/t20-,21+/m1/s1. The first-order chi connectivity index (χ1) is 13.8. The Hall–Kier alpha value is -2.38. The molecule has 0 spiro atoms. The van der Waals surface area contributed by atoms with E-state index in [0.717, 1.165) is 5.56 Å². The Morgan fingerprint density at radius 3 is 2.41 bits per heavy atom. The Morgan fingerprint density at radius 1 is 1.10 bits per heavy atom. The second-order valence-electron chi connectivity index (χ2n) is 7.67. The molecule has 1 aliphatic rings. The van der Waals surface area contributed by atoms with Crippen LogP contribution in [0.4, 0.5) is 0 Å². The summed E-state index contributed by atoms with van der Waals surface area (Å²) < 4.78 is 33.1. The van der Waals surface area contributed by atoms with E-state index in [-0.39, 0.29) is 35.9 Å². The SMILES string of the molecule is COc1cccc([C@H]2CN(S(=O)(=O)c3ccccc3)C[C@@H]2C(=O)N(C)C(C)C)c1. The average molecular weight is 417 g/mol. The fourth-order valence-corrected chi connectivity index (χ4v) is 5.19. The molecule has 0 saturated carbocycles. The largest absolute Gasteiger partial charge is 0.497 e. The van der Waals surface area contributed by atoms with Gasteiger partial charge in [0.1, 0.15) is 5.75 Å². The summed E-state index contributed by atoms with van der Waals surface area (Å²) in [6.07, 6.45) is 0. The predicted octanol–water partition coefficient (Wildman–Crippen LogP) is 2.97. The van der Waals surface area contributed by atoms with Crippen LogP contribution in [-0.4, -0.2) is 56.8 Å². The summed E-state index contributed by atoms with van der Waals surface area (Å²) in [7, 11) is -0.316. The van der Waals surface area contributed by atoms with Gasteiger partial charge in [-0.3, -0.25) is 4.79 Å². The zero-order valence-electron chi connectivity index (χ0n) is 17.3. The van der Waals surface area contributed by atoms with Crippen molar-refractivity contribution in [2.24, 2.45) is 5.92 Å². The zero-order chi connectivity index (χ0) is 21.2. The van der Waals surface area contributed by atoms with Crippen LogP contribution in [0.25, 0.3) is 0 Å². The molecule has 2 aromatic carbocycles. The molecule has 1 fully saturated rings. The van der Waals surface area contributed by atoms with E-state index < -0.39 is 15.9 Å². The minimum atomic E-state index is -3.68. The minimum Gasteiger partial charge on any atom is -0.497 e. The Labute approximate surface area is 173 Å². The third kappa shape index (κ3) is 4.31. The van der Waals surface area contributed by atoms with E-state index >= 15 is 0 Å². The number of amides is 1. The van der Waals surface area contributed by atoms with E-state index in [2.05, 4.69) is 0 Å². The highest BCUT2D eigenvalue weighted by molar-refractivity contribution is 7.89. The summed E-state index contributed by atoms with van der Waals surface area (Å²) in [6.45, 7) is 4.32. The highest BCUT2D eigenvalue weighted by Gasteiger charge is 2.44. The summed E-state index contributed by atoms with van der Waals surface area (Å²) in [6, 6.07) is 15.9. The second-order valence-corrected chi connectivity index (χ2v) is 9.61. The van der Waals surface area contributed by atoms with Crippen molar-refractivity contribution in [1.29, 1.82) is 0 Å². The number of hydrogen-bond donors (Lipinski definition) is 0. The number of carbonyl (C=O) groups excluding carboxylic acids is 1. The van der Waals surface area contributed by atoms with Crippen LogP contribution in [0.5, 0.6) is 5.75 Å². The number of sulfonamides is 1. The fourth-order valence-electron chi connectivity index (χ4n) is 3.68. The lowest BCUT2D eigenvalue weighted by atomic mass is 9.87. The molecule has 29 heavy (non-hydrogen) atoms. The molecule has 0 unspecified atom stereocenters. The molecule has 3 rings (SSSR count). The normalized spacial score (nSPS) is 20.0. The van der Waals surface area contributed by atoms with Gasteiger partial charge in [-0.25, -0.2) is 8.42 Å². The first-order valence-electron chi connectivity index (χ1n) is 9.71. The summed E-state index contributed by atoms with van der Waals surface area (Å²) in [5, 5.41) is 0. The lowest BCUT2D eigenvalue weighted by Crippen LogP contribution is -2.40. The number of benzene rings is 2. The first-order valence-corrected chi connectivity index (χ1v) is 11.2. The van der Waals surface area contributed by atoms with Crippen LogP contribution < -0.4 is 4.74 Å². The van der Waals surface area contributed by atoms with Crippen LogP contribution in [0.2, 0.25) is 0 Å². The maximum atomic E-state index is 13.2. The molecule has 0 aliphatic carbocycles. The molecular weight excluding hydrogens is 388 g/mol. The Balaban J connectivity index is 1.99. The van der Waals surface area contributed by atoms with E-state index in [4.69, 9.17) is 4.74 Å². The molecule has 1 saturated heterocycles. The molecule has 6 nitrogen and oxygen atoms in total. The van der Waals surface area contributed by atoms with Crippen molar-refractivity contribution in [2.45, 2.75) is 30.7 Å². The van der Waals surface area contributed by atoms with Crippen LogP contribution in [-0.2, 0) is 14.8 Å². The smallest absolute Gasteiger partial charge is 0.243 e. The van der Waals surface area contributed by atoms with Crippen molar-refractivity contribution in [3.63, 3.8) is 0 Å². The molecule has 0 aromatic heterocycles. The summed E-state index contributed by atoms with van der Waals surface area (Å²) in [5.41, 5.74) is 0.908. The Morgan fingerprint density at radius 2 is 1.79 bits per heavy atom. The van der Waals surface area contributed by atoms with E-state index in [1.807, 2.05) is 38.1 Å². The highest BCUT2D eigenvalue weighted by atomic mass is 32.2. The number of carbonyl (C=O) groups is 1. The van der Waals surface area contributed by atoms with Gasteiger partial charge in [-0.1, -0.05) is 30.3 Å². The molecule has 2 aromatic rings. The van der Waals surface area contributed by atoms with E-state index in [1.54, 1.807) is 49.4 Å². The molecule has 2 atom stereocenters. The lowest BCUT2D eigenvalue weighted by Gasteiger charge is -2.27. The minimum absolute atomic E-state index is 0.0354. The van der Waals surface area contributed by atoms with Gasteiger partial charge in [0.05, 0.1) is 17.9 Å². The Kier molecular flexibility index (Phi) is 6.29. The molecule has 1 heterocycles. The number of nitrogens with zero attached hydrogens (tertiary/aromatic N) is 2. The van der Waals surface area contributed by atoms with Crippen molar-refractivity contribution in [1.82, 2.24) is 9.21 Å². The van der Waals surface area contributed by atoms with E-state index in [0.29, 0.717) is 5.75 Å². The topological polar surface area (TPSA) is 66.9 Å². The van der Waals surface area contributed by atoms with Crippen LogP contribution in [0, 0.1) is 5.92 Å². The summed E-state index contributed by atoms with van der Waals surface area (Å²) in [4.78, 5) is 15.1. The van der Waals surface area contributed by atoms with Crippen molar-refractivity contribution >= 4 is 15.9 Å². The molecule has 1 amide bonds. The van der Waals surface area contributed by atoms with Gasteiger partial charge < -0.3 is 9.64 Å². The van der Waals surface area contributed by atoms with E-state index in [9.17, 15) is 13.2 Å². The van der Waals surface area contributed by atoms with Gasteiger partial charge in [-0.2, -0.15) is 4.31 Å². The molecule has 0 radical (unpaired) electrons. The van der Waals surface area contributed by atoms with Crippen LogP contribution in [0.3, 0.4) is 0 Å².